The fourth-order valence-corrected chi connectivity index (χ4v) is 3.90. The van der Waals surface area contributed by atoms with Crippen molar-refractivity contribution in [3.8, 4) is 5.69 Å². The molecule has 1 N–H and O–H groups in total. The van der Waals surface area contributed by atoms with E-state index in [1.54, 1.807) is 18.2 Å². The molecule has 1 aliphatic rings. The molecule has 0 aliphatic carbocycles. The van der Waals surface area contributed by atoms with Crippen LogP contribution in [0.3, 0.4) is 0 Å². The Morgan fingerprint density at radius 1 is 0.867 bits per heavy atom. The Morgan fingerprint density at radius 2 is 1.50 bits per heavy atom. The minimum atomic E-state index is -0.182. The van der Waals surface area contributed by atoms with Gasteiger partial charge in [0.05, 0.1) is 10.0 Å². The van der Waals surface area contributed by atoms with Crippen LogP contribution in [0.2, 0.25) is 10.0 Å². The molecule has 2 heterocycles. The average Bonchev–Trinajstić information content (AvgIpc) is 3.31. The van der Waals surface area contributed by atoms with Gasteiger partial charge in [0.25, 0.3) is 11.8 Å². The van der Waals surface area contributed by atoms with Gasteiger partial charge in [-0.15, -0.1) is 0 Å². The summed E-state index contributed by atoms with van der Waals surface area (Å²) < 4.78 is 2.00. The van der Waals surface area contributed by atoms with Crippen molar-refractivity contribution in [2.24, 2.45) is 0 Å². The maximum Gasteiger partial charge on any atom is 0.253 e. The minimum absolute atomic E-state index is 0.0170. The maximum absolute atomic E-state index is 12.8. The summed E-state index contributed by atoms with van der Waals surface area (Å²) in [5.41, 5.74) is 2.16. The van der Waals surface area contributed by atoms with Crippen LogP contribution in [0.25, 0.3) is 5.69 Å². The second-order valence-corrected chi connectivity index (χ2v) is 8.12. The molecule has 0 radical (unpaired) electrons. The van der Waals surface area contributed by atoms with E-state index in [9.17, 15) is 9.59 Å². The van der Waals surface area contributed by atoms with Gasteiger partial charge in [0.2, 0.25) is 0 Å². The van der Waals surface area contributed by atoms with Gasteiger partial charge in [-0.25, -0.2) is 0 Å². The molecule has 0 spiro atoms. The number of carbonyl (C=O) groups is 2. The van der Waals surface area contributed by atoms with E-state index in [1.165, 1.54) is 0 Å². The van der Waals surface area contributed by atoms with E-state index in [0.717, 1.165) is 5.69 Å². The number of piperidine rings is 1. The van der Waals surface area contributed by atoms with Crippen molar-refractivity contribution in [3.05, 3.63) is 88.2 Å². The van der Waals surface area contributed by atoms with Gasteiger partial charge in [0.1, 0.15) is 0 Å². The molecule has 1 aliphatic heterocycles. The Kier molecular flexibility index (Phi) is 6.11. The normalized spacial score (nSPS) is 14.5. The van der Waals surface area contributed by atoms with Crippen LogP contribution in [0.4, 0.5) is 0 Å². The molecule has 7 heteroatoms. The summed E-state index contributed by atoms with van der Waals surface area (Å²) >= 11 is 11.9. The van der Waals surface area contributed by atoms with Crippen LogP contribution in [0.1, 0.15) is 33.6 Å². The van der Waals surface area contributed by atoms with Crippen molar-refractivity contribution in [3.63, 3.8) is 0 Å². The van der Waals surface area contributed by atoms with Crippen molar-refractivity contribution in [1.29, 1.82) is 0 Å². The largest absolute Gasteiger partial charge is 0.349 e. The lowest BCUT2D eigenvalue weighted by atomic mass is 10.0. The lowest BCUT2D eigenvalue weighted by Crippen LogP contribution is -2.46. The second-order valence-electron chi connectivity index (χ2n) is 7.31. The number of hydrogen-bond donors (Lipinski definition) is 1. The third kappa shape index (κ3) is 4.53. The van der Waals surface area contributed by atoms with Gasteiger partial charge in [-0.05, 0) is 67.4 Å². The Balaban J connectivity index is 1.32. The Hall–Kier alpha value is -2.76. The highest BCUT2D eigenvalue weighted by Crippen LogP contribution is 2.23. The first kappa shape index (κ1) is 20.5. The summed E-state index contributed by atoms with van der Waals surface area (Å²) in [5, 5.41) is 3.79. The molecule has 3 aromatic rings. The van der Waals surface area contributed by atoms with E-state index in [-0.39, 0.29) is 17.9 Å². The zero-order valence-corrected chi connectivity index (χ0v) is 17.7. The summed E-state index contributed by atoms with van der Waals surface area (Å²) in [6.07, 6.45) is 5.35. The smallest absolute Gasteiger partial charge is 0.253 e. The molecule has 1 fully saturated rings. The third-order valence-corrected chi connectivity index (χ3v) is 6.06. The highest BCUT2D eigenvalue weighted by molar-refractivity contribution is 6.42. The quantitative estimate of drug-likeness (QED) is 0.630. The molecular formula is C23H21Cl2N3O2. The highest BCUT2D eigenvalue weighted by atomic mass is 35.5. The fraction of sp³-hybridized carbons (Fsp3) is 0.217. The minimum Gasteiger partial charge on any atom is -0.349 e. The van der Waals surface area contributed by atoms with Crippen LogP contribution in [0.5, 0.6) is 0 Å². The van der Waals surface area contributed by atoms with Crippen molar-refractivity contribution < 1.29 is 9.59 Å². The molecule has 1 saturated heterocycles. The molecule has 0 unspecified atom stereocenters. The zero-order chi connectivity index (χ0) is 21.1. The number of nitrogens with one attached hydrogen (secondary N) is 1. The lowest BCUT2D eigenvalue weighted by Gasteiger charge is -2.32. The van der Waals surface area contributed by atoms with Gasteiger partial charge >= 0.3 is 0 Å². The maximum atomic E-state index is 12.8. The summed E-state index contributed by atoms with van der Waals surface area (Å²) in [7, 11) is 0. The zero-order valence-electron chi connectivity index (χ0n) is 16.2. The van der Waals surface area contributed by atoms with E-state index in [0.29, 0.717) is 47.1 Å². The number of aromatic nitrogens is 1. The number of rotatable bonds is 4. The van der Waals surface area contributed by atoms with Crippen molar-refractivity contribution in [1.82, 2.24) is 14.8 Å². The number of likely N-dealkylation sites (tertiary alicyclic amines) is 1. The predicted octanol–water partition coefficient (Wildman–Crippen LogP) is 4.82. The van der Waals surface area contributed by atoms with Crippen LogP contribution in [0, 0.1) is 0 Å². The molecule has 0 saturated carbocycles. The van der Waals surface area contributed by atoms with Gasteiger partial charge in [-0.1, -0.05) is 23.2 Å². The fourth-order valence-electron chi connectivity index (χ4n) is 3.60. The molecule has 4 rings (SSSR count). The van der Waals surface area contributed by atoms with Gasteiger partial charge in [-0.2, -0.15) is 0 Å². The van der Waals surface area contributed by atoms with Crippen LogP contribution >= 0.6 is 23.2 Å². The lowest BCUT2D eigenvalue weighted by molar-refractivity contribution is 0.0698. The van der Waals surface area contributed by atoms with Crippen LogP contribution in [-0.2, 0) is 0 Å². The molecule has 1 aromatic heterocycles. The topological polar surface area (TPSA) is 54.3 Å². The number of halogens is 2. The predicted molar refractivity (Wildman–Crippen MR) is 119 cm³/mol. The monoisotopic (exact) mass is 441 g/mol. The number of hydrogen-bond acceptors (Lipinski definition) is 2. The van der Waals surface area contributed by atoms with E-state index in [4.69, 9.17) is 23.2 Å². The molecule has 154 valence electrons. The molecule has 5 nitrogen and oxygen atoms in total. The number of amides is 2. The molecule has 0 bridgehead atoms. The Bertz CT molecular complexity index is 1040. The Labute approximate surface area is 185 Å². The molecule has 0 atom stereocenters. The van der Waals surface area contributed by atoms with E-state index in [2.05, 4.69) is 5.32 Å². The van der Waals surface area contributed by atoms with Crippen LogP contribution in [0.15, 0.2) is 67.0 Å². The standard InChI is InChI=1S/C23H21Cl2N3O2/c24-20-8-5-17(15-21(20)25)22(29)26-18-9-13-28(14-10-18)23(30)16-3-6-19(7-4-16)27-11-1-2-12-27/h1-8,11-12,15,18H,9-10,13-14H2,(H,26,29). The second kappa shape index (κ2) is 8.94. The molecule has 2 aromatic carbocycles. The van der Waals surface area contributed by atoms with Gasteiger partial charge in [-0.3, -0.25) is 9.59 Å². The highest BCUT2D eigenvalue weighted by Gasteiger charge is 2.25. The number of carbonyl (C=O) groups excluding carboxylic acids is 2. The average molecular weight is 442 g/mol. The molecule has 30 heavy (non-hydrogen) atoms. The first-order valence-electron chi connectivity index (χ1n) is 9.80. The SMILES string of the molecule is O=C(NC1CCN(C(=O)c2ccc(-n3cccc3)cc2)CC1)c1ccc(Cl)c(Cl)c1. The number of benzene rings is 2. The third-order valence-electron chi connectivity index (χ3n) is 5.32. The van der Waals surface area contributed by atoms with Gasteiger partial charge in [0, 0.05) is 48.3 Å². The Morgan fingerprint density at radius 3 is 2.13 bits per heavy atom. The van der Waals surface area contributed by atoms with E-state index >= 15 is 0 Å². The summed E-state index contributed by atoms with van der Waals surface area (Å²) in [6, 6.07) is 16.4. The summed E-state index contributed by atoms with van der Waals surface area (Å²) in [6.45, 7) is 1.20. The first-order chi connectivity index (χ1) is 14.5. The summed E-state index contributed by atoms with van der Waals surface area (Å²) in [4.78, 5) is 27.1. The van der Waals surface area contributed by atoms with Crippen molar-refractivity contribution in [2.45, 2.75) is 18.9 Å². The van der Waals surface area contributed by atoms with E-state index in [1.807, 2.05) is 58.3 Å². The first-order valence-corrected chi connectivity index (χ1v) is 10.6. The number of nitrogens with zero attached hydrogens (tertiary/aromatic N) is 2. The van der Waals surface area contributed by atoms with Crippen molar-refractivity contribution >= 4 is 35.0 Å². The van der Waals surface area contributed by atoms with Gasteiger partial charge < -0.3 is 14.8 Å². The van der Waals surface area contributed by atoms with Crippen LogP contribution < -0.4 is 5.32 Å². The van der Waals surface area contributed by atoms with E-state index < -0.39 is 0 Å². The van der Waals surface area contributed by atoms with Crippen molar-refractivity contribution in [2.75, 3.05) is 13.1 Å². The van der Waals surface area contributed by atoms with Gasteiger partial charge in [0.15, 0.2) is 0 Å². The van der Waals surface area contributed by atoms with Crippen LogP contribution in [-0.4, -0.2) is 40.4 Å². The molecule has 2 amide bonds. The molecular weight excluding hydrogens is 421 g/mol. The summed E-state index contributed by atoms with van der Waals surface area (Å²) in [5.74, 6) is -0.165.